The van der Waals surface area contributed by atoms with Crippen LogP contribution >= 0.6 is 0 Å². The van der Waals surface area contributed by atoms with Crippen molar-refractivity contribution in [1.82, 2.24) is 9.88 Å². The molecule has 0 radical (unpaired) electrons. The van der Waals surface area contributed by atoms with Crippen molar-refractivity contribution < 1.29 is 9.53 Å². The van der Waals surface area contributed by atoms with E-state index >= 15 is 0 Å². The fourth-order valence-corrected chi connectivity index (χ4v) is 4.58. The van der Waals surface area contributed by atoms with Gasteiger partial charge in [-0.2, -0.15) is 0 Å². The van der Waals surface area contributed by atoms with Crippen molar-refractivity contribution in [3.05, 3.63) is 33.7 Å². The van der Waals surface area contributed by atoms with E-state index in [0.29, 0.717) is 5.56 Å². The van der Waals surface area contributed by atoms with Crippen molar-refractivity contribution in [1.29, 1.82) is 0 Å². The Bertz CT molecular complexity index is 667. The van der Waals surface area contributed by atoms with Crippen molar-refractivity contribution in [2.45, 2.75) is 58.0 Å². The molecular formula is C19H28N2O3. The minimum Gasteiger partial charge on any atom is -0.381 e. The van der Waals surface area contributed by atoms with E-state index in [1.54, 1.807) is 13.2 Å². The summed E-state index contributed by atoms with van der Waals surface area (Å²) in [6.07, 6.45) is 5.82. The van der Waals surface area contributed by atoms with E-state index in [1.165, 1.54) is 12.5 Å². The number of hydrogen-bond acceptors (Lipinski definition) is 3. The fourth-order valence-electron chi connectivity index (χ4n) is 4.58. The normalized spacial score (nSPS) is 27.2. The lowest BCUT2D eigenvalue weighted by molar-refractivity contribution is -0.0295. The van der Waals surface area contributed by atoms with E-state index in [2.05, 4.69) is 4.98 Å². The summed E-state index contributed by atoms with van der Waals surface area (Å²) in [5.74, 6) is 0.144. The lowest BCUT2D eigenvalue weighted by Gasteiger charge is -2.43. The third kappa shape index (κ3) is 3.02. The van der Waals surface area contributed by atoms with Gasteiger partial charge in [-0.15, -0.1) is 0 Å². The van der Waals surface area contributed by atoms with E-state index in [9.17, 15) is 9.59 Å². The summed E-state index contributed by atoms with van der Waals surface area (Å²) in [5.41, 5.74) is 1.33. The van der Waals surface area contributed by atoms with Crippen LogP contribution in [0.4, 0.5) is 0 Å². The second-order valence-corrected chi connectivity index (χ2v) is 7.61. The molecule has 5 nitrogen and oxygen atoms in total. The molecule has 5 heteroatoms. The molecule has 1 N–H and O–H groups in total. The second-order valence-electron chi connectivity index (χ2n) is 7.61. The number of carbonyl (C=O) groups excluding carboxylic acids is 1. The number of pyridine rings is 1. The van der Waals surface area contributed by atoms with Gasteiger partial charge in [0.15, 0.2) is 0 Å². The number of aromatic nitrogens is 1. The SMILES string of the molecule is CO[C@@H]1CCC[C@@]12CCCN(C(=O)c1ccc(=O)[nH]c1C(C)C)C2. The number of rotatable bonds is 3. The van der Waals surface area contributed by atoms with Crippen LogP contribution in [0.15, 0.2) is 16.9 Å². The first-order valence-electron chi connectivity index (χ1n) is 9.02. The summed E-state index contributed by atoms with van der Waals surface area (Å²) in [6.45, 7) is 5.55. The lowest BCUT2D eigenvalue weighted by atomic mass is 9.76. The fraction of sp³-hybridized carbons (Fsp3) is 0.684. The molecular weight excluding hydrogens is 304 g/mol. The van der Waals surface area contributed by atoms with Crippen LogP contribution in [0.2, 0.25) is 0 Å². The zero-order valence-corrected chi connectivity index (χ0v) is 14.9. The van der Waals surface area contributed by atoms with E-state index in [4.69, 9.17) is 4.74 Å². The highest BCUT2D eigenvalue weighted by Gasteiger charge is 2.46. The maximum atomic E-state index is 13.1. The van der Waals surface area contributed by atoms with E-state index < -0.39 is 0 Å². The molecule has 1 aliphatic heterocycles. The predicted octanol–water partition coefficient (Wildman–Crippen LogP) is 2.92. The molecule has 1 amide bonds. The van der Waals surface area contributed by atoms with Crippen molar-refractivity contribution >= 4 is 5.91 Å². The number of nitrogens with zero attached hydrogens (tertiary/aromatic N) is 1. The molecule has 2 heterocycles. The summed E-state index contributed by atoms with van der Waals surface area (Å²) < 4.78 is 5.73. The Labute approximate surface area is 143 Å². The van der Waals surface area contributed by atoms with Gasteiger partial charge in [0, 0.05) is 37.4 Å². The molecule has 1 aliphatic carbocycles. The summed E-state index contributed by atoms with van der Waals surface area (Å²) >= 11 is 0. The molecule has 3 rings (SSSR count). The van der Waals surface area contributed by atoms with Gasteiger partial charge in [0.1, 0.15) is 0 Å². The van der Waals surface area contributed by atoms with Crippen LogP contribution in [-0.4, -0.2) is 42.1 Å². The van der Waals surface area contributed by atoms with Gasteiger partial charge < -0.3 is 14.6 Å². The minimum atomic E-state index is -0.152. The Hall–Kier alpha value is -1.62. The van der Waals surface area contributed by atoms with Crippen LogP contribution in [0.5, 0.6) is 0 Å². The van der Waals surface area contributed by atoms with Crippen LogP contribution in [0, 0.1) is 5.41 Å². The first-order valence-corrected chi connectivity index (χ1v) is 9.02. The molecule has 2 aliphatic rings. The second kappa shape index (κ2) is 6.71. The lowest BCUT2D eigenvalue weighted by Crippen LogP contribution is -2.50. The maximum absolute atomic E-state index is 13.1. The Balaban J connectivity index is 1.87. The smallest absolute Gasteiger partial charge is 0.255 e. The average molecular weight is 332 g/mol. The molecule has 2 fully saturated rings. The Morgan fingerprint density at radius 3 is 2.79 bits per heavy atom. The van der Waals surface area contributed by atoms with Gasteiger partial charge in [-0.1, -0.05) is 20.3 Å². The highest BCUT2D eigenvalue weighted by molar-refractivity contribution is 5.95. The van der Waals surface area contributed by atoms with Crippen LogP contribution in [0.3, 0.4) is 0 Å². The number of carbonyl (C=O) groups is 1. The standard InChI is InChI=1S/C19H28N2O3/c1-13(2)17-14(7-8-16(22)20-17)18(23)21-11-5-10-19(12-21)9-4-6-15(19)24-3/h7-8,13,15H,4-6,9-12H2,1-3H3,(H,20,22)/t15-,19+/m1/s1. The van der Waals surface area contributed by atoms with Crippen molar-refractivity contribution in [2.75, 3.05) is 20.2 Å². The molecule has 1 aromatic rings. The van der Waals surface area contributed by atoms with Gasteiger partial charge in [0.05, 0.1) is 11.7 Å². The van der Waals surface area contributed by atoms with Gasteiger partial charge in [0.25, 0.3) is 5.91 Å². The topological polar surface area (TPSA) is 62.4 Å². The molecule has 0 bridgehead atoms. The number of methoxy groups -OCH3 is 1. The number of aromatic amines is 1. The predicted molar refractivity (Wildman–Crippen MR) is 93.4 cm³/mol. The average Bonchev–Trinajstić information content (AvgIpc) is 2.95. The summed E-state index contributed by atoms with van der Waals surface area (Å²) in [6, 6.07) is 3.13. The van der Waals surface area contributed by atoms with Gasteiger partial charge >= 0.3 is 0 Å². The van der Waals surface area contributed by atoms with Gasteiger partial charge in [-0.25, -0.2) is 0 Å². The number of amides is 1. The van der Waals surface area contributed by atoms with Gasteiger partial charge in [-0.3, -0.25) is 9.59 Å². The Kier molecular flexibility index (Phi) is 4.81. The Morgan fingerprint density at radius 1 is 1.33 bits per heavy atom. The maximum Gasteiger partial charge on any atom is 0.255 e. The van der Waals surface area contributed by atoms with Crippen molar-refractivity contribution in [3.63, 3.8) is 0 Å². The number of hydrogen-bond donors (Lipinski definition) is 1. The highest BCUT2D eigenvalue weighted by Crippen LogP contribution is 2.46. The van der Waals surface area contributed by atoms with Crippen LogP contribution in [-0.2, 0) is 4.74 Å². The van der Waals surface area contributed by atoms with E-state index in [0.717, 1.165) is 44.5 Å². The summed E-state index contributed by atoms with van der Waals surface area (Å²) in [4.78, 5) is 29.6. The summed E-state index contributed by atoms with van der Waals surface area (Å²) in [5, 5.41) is 0. The highest BCUT2D eigenvalue weighted by atomic mass is 16.5. The first-order chi connectivity index (χ1) is 11.5. The largest absolute Gasteiger partial charge is 0.381 e. The molecule has 1 saturated carbocycles. The number of H-pyrrole nitrogens is 1. The van der Waals surface area contributed by atoms with Crippen LogP contribution in [0.25, 0.3) is 0 Å². The molecule has 1 saturated heterocycles. The molecule has 24 heavy (non-hydrogen) atoms. The van der Waals surface area contributed by atoms with Crippen LogP contribution < -0.4 is 5.56 Å². The minimum absolute atomic E-state index is 0.0378. The van der Waals surface area contributed by atoms with Crippen molar-refractivity contribution in [3.8, 4) is 0 Å². The van der Waals surface area contributed by atoms with Crippen molar-refractivity contribution in [2.24, 2.45) is 5.41 Å². The quantitative estimate of drug-likeness (QED) is 0.926. The number of ether oxygens (including phenoxy) is 1. The number of nitrogens with one attached hydrogen (secondary N) is 1. The molecule has 2 atom stereocenters. The van der Waals surface area contributed by atoms with E-state index in [-0.39, 0.29) is 28.9 Å². The molecule has 132 valence electrons. The zero-order valence-electron chi connectivity index (χ0n) is 14.9. The first kappa shape index (κ1) is 17.2. The number of likely N-dealkylation sites (tertiary alicyclic amines) is 1. The molecule has 0 unspecified atom stereocenters. The number of piperidine rings is 1. The van der Waals surface area contributed by atoms with Crippen LogP contribution in [0.1, 0.15) is 67.9 Å². The molecule has 0 aromatic carbocycles. The summed E-state index contributed by atoms with van der Waals surface area (Å²) in [7, 11) is 1.79. The van der Waals surface area contributed by atoms with Gasteiger partial charge in [-0.05, 0) is 37.7 Å². The zero-order chi connectivity index (χ0) is 17.3. The third-order valence-electron chi connectivity index (χ3n) is 5.76. The molecule has 1 spiro atoms. The monoisotopic (exact) mass is 332 g/mol. The molecule has 1 aromatic heterocycles. The Morgan fingerprint density at radius 2 is 2.08 bits per heavy atom. The third-order valence-corrected chi connectivity index (χ3v) is 5.76. The van der Waals surface area contributed by atoms with E-state index in [1.807, 2.05) is 18.7 Å². The van der Waals surface area contributed by atoms with Gasteiger partial charge in [0.2, 0.25) is 5.56 Å².